The van der Waals surface area contributed by atoms with E-state index in [2.05, 4.69) is 13.8 Å². The molecule has 2 aromatic rings. The highest BCUT2D eigenvalue weighted by atomic mass is 32.5. The van der Waals surface area contributed by atoms with E-state index in [9.17, 15) is 33.8 Å². The van der Waals surface area contributed by atoms with Gasteiger partial charge in [-0.25, -0.2) is 4.79 Å². The van der Waals surface area contributed by atoms with Gasteiger partial charge in [0.25, 0.3) is 5.56 Å². The Kier molecular flexibility index (Phi) is 9.03. The van der Waals surface area contributed by atoms with E-state index in [0.717, 1.165) is 40.0 Å². The summed E-state index contributed by atoms with van der Waals surface area (Å²) in [5, 5.41) is 0. The lowest BCUT2D eigenvalue weighted by Crippen LogP contribution is -2.38. The number of hydrogen-bond donors (Lipinski definition) is 0. The van der Waals surface area contributed by atoms with Gasteiger partial charge in [0.15, 0.2) is 0 Å². The van der Waals surface area contributed by atoms with Crippen LogP contribution in [-0.4, -0.2) is 21.7 Å². The Labute approximate surface area is 219 Å². The molecule has 38 heavy (non-hydrogen) atoms. The van der Waals surface area contributed by atoms with Gasteiger partial charge < -0.3 is 4.74 Å². The first-order chi connectivity index (χ1) is 17.3. The summed E-state index contributed by atoms with van der Waals surface area (Å²) in [6.07, 6.45) is 4.24. The van der Waals surface area contributed by atoms with Crippen molar-refractivity contribution in [2.24, 2.45) is 17.3 Å². The fourth-order valence-corrected chi connectivity index (χ4v) is 4.89. The van der Waals surface area contributed by atoms with Gasteiger partial charge in [0.05, 0.1) is 17.7 Å². The third-order valence-corrected chi connectivity index (χ3v) is 7.87. The van der Waals surface area contributed by atoms with Crippen LogP contribution < -0.4 is 11.2 Å². The first-order valence-electron chi connectivity index (χ1n) is 12.6. The second kappa shape index (κ2) is 10.9. The Balaban J connectivity index is 1.95. The second-order valence-electron chi connectivity index (χ2n) is 10.6. The predicted octanol–water partition coefficient (Wildman–Crippen LogP) is 7.47. The van der Waals surface area contributed by atoms with Crippen molar-refractivity contribution in [2.45, 2.75) is 78.2 Å². The van der Waals surface area contributed by atoms with Crippen molar-refractivity contribution >= 4 is 16.2 Å². The zero-order chi connectivity index (χ0) is 29.0. The van der Waals surface area contributed by atoms with E-state index in [4.69, 9.17) is 4.74 Å². The van der Waals surface area contributed by atoms with E-state index < -0.39 is 31.8 Å². The number of esters is 1. The van der Waals surface area contributed by atoms with Crippen LogP contribution >= 0.6 is 10.2 Å². The molecule has 0 spiro atoms. The number of rotatable bonds is 13. The number of halogens is 5. The Hall–Kier alpha value is -2.63. The van der Waals surface area contributed by atoms with Crippen LogP contribution in [-0.2, 0) is 16.1 Å². The van der Waals surface area contributed by atoms with Gasteiger partial charge in [-0.1, -0.05) is 53.5 Å². The van der Waals surface area contributed by atoms with Crippen LogP contribution in [0.3, 0.4) is 0 Å². The molecule has 6 nitrogen and oxygen atoms in total. The molecule has 1 heterocycles. The monoisotopic (exact) mass is 568 g/mol. The molecule has 0 aliphatic carbocycles. The average molecular weight is 569 g/mol. The van der Waals surface area contributed by atoms with Gasteiger partial charge in [-0.15, -0.1) is 0 Å². The number of benzene rings is 1. The number of carbonyl (C=O) groups is 1. The molecule has 0 amide bonds. The first-order valence-corrected chi connectivity index (χ1v) is 14.6. The molecular weight excluding hydrogens is 531 g/mol. The molecule has 0 aliphatic heterocycles. The van der Waals surface area contributed by atoms with Crippen molar-refractivity contribution in [2.75, 3.05) is 6.61 Å². The van der Waals surface area contributed by atoms with Crippen molar-refractivity contribution in [1.82, 2.24) is 9.13 Å². The Morgan fingerprint density at radius 1 is 0.921 bits per heavy atom. The van der Waals surface area contributed by atoms with Crippen LogP contribution in [0.25, 0.3) is 5.69 Å². The largest absolute Gasteiger partial charge is 0.465 e. The maximum atomic E-state index is 13.0. The molecule has 0 saturated carbocycles. The van der Waals surface area contributed by atoms with Crippen LogP contribution in [0.4, 0.5) is 19.4 Å². The third kappa shape index (κ3) is 8.18. The summed E-state index contributed by atoms with van der Waals surface area (Å²) in [5.74, 6) is 0.271. The molecule has 0 aliphatic rings. The van der Waals surface area contributed by atoms with Gasteiger partial charge in [0, 0.05) is 18.8 Å². The van der Waals surface area contributed by atoms with Gasteiger partial charge in [0.1, 0.15) is 4.90 Å². The van der Waals surface area contributed by atoms with Crippen LogP contribution in [0.5, 0.6) is 0 Å². The molecule has 0 N–H and O–H groups in total. The summed E-state index contributed by atoms with van der Waals surface area (Å²) in [7, 11) is -9.83. The number of ether oxygens (including phenoxy) is 1. The zero-order valence-corrected chi connectivity index (χ0v) is 23.2. The number of nitrogens with zero attached hydrogens (tertiary/aromatic N) is 2. The molecule has 1 aromatic carbocycles. The third-order valence-electron chi connectivity index (χ3n) is 6.71. The van der Waals surface area contributed by atoms with Crippen LogP contribution in [0.1, 0.15) is 66.7 Å². The number of aromatic nitrogens is 2. The van der Waals surface area contributed by atoms with Crippen molar-refractivity contribution in [3.8, 4) is 5.69 Å². The lowest BCUT2D eigenvalue weighted by molar-refractivity contribution is -0.159. The molecule has 216 valence electrons. The van der Waals surface area contributed by atoms with Gasteiger partial charge in [0.2, 0.25) is 0 Å². The molecule has 1 unspecified atom stereocenters. The number of unbranched alkanes of at least 4 members (excludes halogenated alkanes) is 3. The van der Waals surface area contributed by atoms with Crippen molar-refractivity contribution < 1.29 is 29.0 Å². The molecule has 1 aromatic heterocycles. The Morgan fingerprint density at radius 2 is 1.50 bits per heavy atom. The quantitative estimate of drug-likeness (QED) is 0.143. The van der Waals surface area contributed by atoms with E-state index in [1.807, 2.05) is 20.8 Å². The lowest BCUT2D eigenvalue weighted by Gasteiger charge is -2.40. The maximum Gasteiger partial charge on any atom is 0.335 e. The zero-order valence-electron chi connectivity index (χ0n) is 22.4. The Bertz CT molecular complexity index is 1240. The number of hydrogen-bond acceptors (Lipinski definition) is 4. The number of carbonyl (C=O) groups excluding carboxylic acids is 1. The van der Waals surface area contributed by atoms with Gasteiger partial charge in [-0.05, 0) is 68.7 Å². The van der Waals surface area contributed by atoms with E-state index >= 15 is 0 Å². The lowest BCUT2D eigenvalue weighted by atomic mass is 9.73. The molecule has 1 atom stereocenters. The summed E-state index contributed by atoms with van der Waals surface area (Å²) in [4.78, 5) is 35.6. The minimum Gasteiger partial charge on any atom is -0.465 e. The van der Waals surface area contributed by atoms with Crippen molar-refractivity contribution in [3.05, 3.63) is 57.4 Å². The topological polar surface area (TPSA) is 70.3 Å². The van der Waals surface area contributed by atoms with E-state index in [1.54, 1.807) is 0 Å². The van der Waals surface area contributed by atoms with Gasteiger partial charge in [-0.3, -0.25) is 18.7 Å². The summed E-state index contributed by atoms with van der Waals surface area (Å²) < 4.78 is 72.2. The molecule has 12 heteroatoms. The normalized spacial score (nSPS) is 15.7. The van der Waals surface area contributed by atoms with Crippen LogP contribution in [0, 0.1) is 17.3 Å². The maximum absolute atomic E-state index is 13.0. The smallest absolute Gasteiger partial charge is 0.335 e. The highest BCUT2D eigenvalue weighted by Gasteiger charge is 2.65. The van der Waals surface area contributed by atoms with E-state index in [0.29, 0.717) is 31.6 Å². The summed E-state index contributed by atoms with van der Waals surface area (Å²) >= 11 is 0. The standard InChI is InChI=1S/C26H37F5N2O4S/c1-19(2)18-26(5,20(3)4)24(35)37-17-9-7-6-8-15-33-23(34)14-16-32(25(33)36)21-10-12-22(13-11-21)38(27,28,29,30)31/h10-14,16,19-20H,6-9,15,17-18H2,1-5H3. The molecule has 0 fully saturated rings. The minimum absolute atomic E-state index is 0.0711. The highest BCUT2D eigenvalue weighted by Crippen LogP contribution is 3.02. The molecule has 0 bridgehead atoms. The molecule has 0 saturated heterocycles. The van der Waals surface area contributed by atoms with E-state index in [1.165, 1.54) is 0 Å². The first kappa shape index (κ1) is 31.6. The second-order valence-corrected chi connectivity index (χ2v) is 13.1. The molecular formula is C26H37F5N2O4S. The fourth-order valence-electron chi connectivity index (χ4n) is 4.24. The molecule has 0 radical (unpaired) electrons. The van der Waals surface area contributed by atoms with E-state index in [-0.39, 0.29) is 42.9 Å². The van der Waals surface area contributed by atoms with Gasteiger partial charge >= 0.3 is 21.9 Å². The molecule has 2 rings (SSSR count). The van der Waals surface area contributed by atoms with Crippen LogP contribution in [0.15, 0.2) is 51.0 Å². The SMILES string of the molecule is CC(C)CC(C)(C(=O)OCCCCCCn1c(=O)ccn(-c2ccc(S(F)(F)(F)(F)F)cc2)c1=O)C(C)C. The average Bonchev–Trinajstić information content (AvgIpc) is 2.78. The Morgan fingerprint density at radius 3 is 2.03 bits per heavy atom. The fraction of sp³-hybridized carbons (Fsp3) is 0.577. The summed E-state index contributed by atoms with van der Waals surface area (Å²) in [6, 6.07) is 3.05. The van der Waals surface area contributed by atoms with Gasteiger partial charge in [-0.2, -0.15) is 0 Å². The van der Waals surface area contributed by atoms with Crippen molar-refractivity contribution in [1.29, 1.82) is 0 Å². The minimum atomic E-state index is -9.83. The van der Waals surface area contributed by atoms with Crippen molar-refractivity contribution in [3.63, 3.8) is 0 Å². The van der Waals surface area contributed by atoms with Crippen LogP contribution in [0.2, 0.25) is 0 Å². The highest BCUT2D eigenvalue weighted by molar-refractivity contribution is 8.45. The summed E-state index contributed by atoms with van der Waals surface area (Å²) in [6.45, 7) is 10.4. The summed E-state index contributed by atoms with van der Waals surface area (Å²) in [5.41, 5.74) is -2.01. The predicted molar refractivity (Wildman–Crippen MR) is 140 cm³/mol.